The topological polar surface area (TPSA) is 104 Å². The molecule has 2 heterocycles. The number of methoxy groups -OCH3 is 2. The standard InChI is InChI=1S/C21H20O8.C2H6/c1-25-15-3-9(4-16(26-2)20(15)23)17-10-5-13-14(29-8-28-13)6-11(10)19(22)12-7-27-21(24)18(12)17;1-2/h3-6,12,17-19,22-23H,7-8H2,1-2H3;1-2H3/t12?,17-,18+,19-;/m1./s1. The third-order valence-corrected chi connectivity index (χ3v) is 6.01. The maximum absolute atomic E-state index is 12.7. The number of hydrogen-bond acceptors (Lipinski definition) is 8. The van der Waals surface area contributed by atoms with Crippen LogP contribution in [0.4, 0.5) is 0 Å². The highest BCUT2D eigenvalue weighted by Crippen LogP contribution is 2.55. The number of rotatable bonds is 3. The Balaban J connectivity index is 0.00000112. The largest absolute Gasteiger partial charge is 0.502 e. The van der Waals surface area contributed by atoms with Gasteiger partial charge in [0, 0.05) is 11.8 Å². The van der Waals surface area contributed by atoms with Gasteiger partial charge >= 0.3 is 5.97 Å². The van der Waals surface area contributed by atoms with Crippen LogP contribution < -0.4 is 18.9 Å². The summed E-state index contributed by atoms with van der Waals surface area (Å²) in [6, 6.07) is 6.93. The Labute approximate surface area is 180 Å². The fraction of sp³-hybridized carbons (Fsp3) is 0.435. The second-order valence-electron chi connectivity index (χ2n) is 7.35. The van der Waals surface area contributed by atoms with E-state index in [2.05, 4.69) is 0 Å². The van der Waals surface area contributed by atoms with E-state index >= 15 is 0 Å². The van der Waals surface area contributed by atoms with Crippen molar-refractivity contribution in [2.75, 3.05) is 27.6 Å². The zero-order valence-corrected chi connectivity index (χ0v) is 17.9. The van der Waals surface area contributed by atoms with Crippen LogP contribution in [-0.4, -0.2) is 43.8 Å². The molecule has 2 aliphatic heterocycles. The van der Waals surface area contributed by atoms with Gasteiger partial charge in [-0.3, -0.25) is 4.79 Å². The lowest BCUT2D eigenvalue weighted by atomic mass is 9.66. The van der Waals surface area contributed by atoms with E-state index in [0.29, 0.717) is 22.6 Å². The van der Waals surface area contributed by atoms with Gasteiger partial charge in [0.2, 0.25) is 12.5 Å². The highest BCUT2D eigenvalue weighted by atomic mass is 16.7. The summed E-state index contributed by atoms with van der Waals surface area (Å²) >= 11 is 0. The van der Waals surface area contributed by atoms with E-state index in [1.807, 2.05) is 13.8 Å². The number of cyclic esters (lactones) is 1. The first-order chi connectivity index (χ1) is 15.0. The van der Waals surface area contributed by atoms with Crippen LogP contribution in [-0.2, 0) is 9.53 Å². The monoisotopic (exact) mass is 430 g/mol. The summed E-state index contributed by atoms with van der Waals surface area (Å²) in [5, 5.41) is 21.3. The zero-order valence-electron chi connectivity index (χ0n) is 17.9. The molecule has 166 valence electrons. The number of hydrogen-bond donors (Lipinski definition) is 2. The van der Waals surface area contributed by atoms with Crippen LogP contribution in [0.5, 0.6) is 28.7 Å². The van der Waals surface area contributed by atoms with Crippen LogP contribution in [0.1, 0.15) is 42.6 Å². The van der Waals surface area contributed by atoms with Gasteiger partial charge < -0.3 is 33.9 Å². The van der Waals surface area contributed by atoms with Gasteiger partial charge in [-0.2, -0.15) is 0 Å². The summed E-state index contributed by atoms with van der Waals surface area (Å²) in [4.78, 5) is 12.7. The number of esters is 1. The third-order valence-electron chi connectivity index (χ3n) is 6.01. The number of aliphatic hydroxyl groups is 1. The fourth-order valence-corrected chi connectivity index (χ4v) is 4.63. The first-order valence-electron chi connectivity index (χ1n) is 10.3. The summed E-state index contributed by atoms with van der Waals surface area (Å²) in [6.45, 7) is 4.25. The lowest BCUT2D eigenvalue weighted by Crippen LogP contribution is -2.34. The third kappa shape index (κ3) is 3.22. The number of carbonyl (C=O) groups is 1. The number of carbonyl (C=O) groups excluding carboxylic acids is 1. The molecule has 1 fully saturated rings. The van der Waals surface area contributed by atoms with E-state index in [1.165, 1.54) is 14.2 Å². The van der Waals surface area contributed by atoms with Crippen molar-refractivity contribution in [1.82, 2.24) is 0 Å². The summed E-state index contributed by atoms with van der Waals surface area (Å²) in [6.07, 6.45) is -0.867. The van der Waals surface area contributed by atoms with Gasteiger partial charge in [-0.25, -0.2) is 0 Å². The van der Waals surface area contributed by atoms with Crippen molar-refractivity contribution in [3.8, 4) is 28.7 Å². The van der Waals surface area contributed by atoms with Crippen molar-refractivity contribution in [3.05, 3.63) is 41.0 Å². The molecular weight excluding hydrogens is 404 g/mol. The van der Waals surface area contributed by atoms with Gasteiger partial charge in [-0.15, -0.1) is 0 Å². The van der Waals surface area contributed by atoms with E-state index in [-0.39, 0.29) is 36.6 Å². The number of aromatic hydroxyl groups is 1. The van der Waals surface area contributed by atoms with Gasteiger partial charge in [0.1, 0.15) is 0 Å². The molecule has 2 N–H and O–H groups in total. The van der Waals surface area contributed by atoms with Crippen molar-refractivity contribution in [3.63, 3.8) is 0 Å². The van der Waals surface area contributed by atoms with Crippen LogP contribution in [0.25, 0.3) is 0 Å². The Morgan fingerprint density at radius 1 is 0.935 bits per heavy atom. The summed E-state index contributed by atoms with van der Waals surface area (Å²) in [7, 11) is 2.89. The van der Waals surface area contributed by atoms with Crippen molar-refractivity contribution in [2.24, 2.45) is 11.8 Å². The first-order valence-corrected chi connectivity index (χ1v) is 10.3. The molecule has 3 aliphatic rings. The lowest BCUT2D eigenvalue weighted by Gasteiger charge is -2.37. The molecule has 0 spiro atoms. The number of ether oxygens (including phenoxy) is 5. The zero-order chi connectivity index (χ0) is 22.3. The molecule has 0 aromatic heterocycles. The van der Waals surface area contributed by atoms with Crippen molar-refractivity contribution in [1.29, 1.82) is 0 Å². The van der Waals surface area contributed by atoms with Crippen LogP contribution in [0.2, 0.25) is 0 Å². The molecule has 8 nitrogen and oxygen atoms in total. The van der Waals surface area contributed by atoms with Crippen molar-refractivity contribution in [2.45, 2.75) is 25.9 Å². The number of fused-ring (bicyclic) bond motifs is 3. The summed E-state index contributed by atoms with van der Waals surface area (Å²) in [5.74, 6) is -0.324. The predicted octanol–water partition coefficient (Wildman–Crippen LogP) is 3.13. The molecule has 1 saturated heterocycles. The van der Waals surface area contributed by atoms with E-state index in [9.17, 15) is 15.0 Å². The molecule has 4 atom stereocenters. The molecule has 2 aromatic carbocycles. The highest BCUT2D eigenvalue weighted by Gasteiger charge is 2.52. The number of phenols is 1. The summed E-state index contributed by atoms with van der Waals surface area (Å²) < 4.78 is 26.9. The molecular formula is C23H26O8. The minimum atomic E-state index is -0.867. The minimum absolute atomic E-state index is 0.106. The predicted molar refractivity (Wildman–Crippen MR) is 110 cm³/mol. The van der Waals surface area contributed by atoms with Crippen LogP contribution >= 0.6 is 0 Å². The van der Waals surface area contributed by atoms with Gasteiger partial charge in [-0.05, 0) is 41.0 Å². The van der Waals surface area contributed by atoms with Crippen molar-refractivity contribution < 1.29 is 38.7 Å². The Kier molecular flexibility index (Phi) is 5.58. The van der Waals surface area contributed by atoms with E-state index in [1.54, 1.807) is 24.3 Å². The second kappa shape index (κ2) is 8.19. The molecule has 0 bridgehead atoms. The normalized spacial score (nSPS) is 25.0. The molecule has 1 aliphatic carbocycles. The van der Waals surface area contributed by atoms with Crippen molar-refractivity contribution >= 4 is 5.97 Å². The SMILES string of the molecule is CC.COc1cc([C@@H]2c3cc4c(cc3[C@@H](O)C3COC(=O)[C@@H]32)OCO4)cc(OC)c1O. The van der Waals surface area contributed by atoms with Crippen LogP contribution in [0, 0.1) is 11.8 Å². The minimum Gasteiger partial charge on any atom is -0.502 e. The molecule has 5 rings (SSSR count). The Hall–Kier alpha value is -3.13. The molecule has 0 saturated carbocycles. The molecule has 0 amide bonds. The van der Waals surface area contributed by atoms with Gasteiger partial charge in [0.25, 0.3) is 0 Å². The smallest absolute Gasteiger partial charge is 0.310 e. The second-order valence-corrected chi connectivity index (χ2v) is 7.35. The van der Waals surface area contributed by atoms with E-state index in [4.69, 9.17) is 23.7 Å². The lowest BCUT2D eigenvalue weighted by molar-refractivity contribution is -0.141. The van der Waals surface area contributed by atoms with Crippen LogP contribution in [0.3, 0.4) is 0 Å². The quantitative estimate of drug-likeness (QED) is 0.716. The maximum atomic E-state index is 12.7. The number of benzene rings is 2. The average molecular weight is 430 g/mol. The molecule has 31 heavy (non-hydrogen) atoms. The highest BCUT2D eigenvalue weighted by molar-refractivity contribution is 5.79. The van der Waals surface area contributed by atoms with Crippen LogP contribution in [0.15, 0.2) is 24.3 Å². The van der Waals surface area contributed by atoms with Gasteiger partial charge in [0.05, 0.1) is 32.8 Å². The molecule has 0 radical (unpaired) electrons. The number of phenolic OH excluding ortho intramolecular Hbond substituents is 1. The van der Waals surface area contributed by atoms with E-state index in [0.717, 1.165) is 5.56 Å². The fourth-order valence-electron chi connectivity index (χ4n) is 4.63. The molecule has 8 heteroatoms. The van der Waals surface area contributed by atoms with Gasteiger partial charge in [0.15, 0.2) is 23.0 Å². The summed E-state index contributed by atoms with van der Waals surface area (Å²) in [5.41, 5.74) is 2.12. The first kappa shape index (κ1) is 21.1. The Morgan fingerprint density at radius 3 is 2.10 bits per heavy atom. The Morgan fingerprint density at radius 2 is 1.52 bits per heavy atom. The molecule has 2 aromatic rings. The molecule has 1 unspecified atom stereocenters. The average Bonchev–Trinajstić information content (AvgIpc) is 3.41. The maximum Gasteiger partial charge on any atom is 0.310 e. The number of aliphatic hydroxyl groups excluding tert-OH is 1. The van der Waals surface area contributed by atoms with E-state index < -0.39 is 23.9 Å². The van der Waals surface area contributed by atoms with Gasteiger partial charge in [-0.1, -0.05) is 13.8 Å². The Bertz CT molecular complexity index is 976.